The van der Waals surface area contributed by atoms with Crippen LogP contribution >= 0.6 is 11.6 Å². The summed E-state index contributed by atoms with van der Waals surface area (Å²) in [6, 6.07) is 8.90. The molecule has 1 saturated carbocycles. The standard InChI is InChI=1S/C24H27ClN6O2/c1-26-20-7-6-18(12-19(20)25)33-17-4-2-16(3-5-17)28-23(32)21-8-9-22(30-29-21)31-14-24(15-31)10-11-27-13-24/h6-9,12,16-17,27H,2-5,10-11,13-15H2,(H,28,32). The Hall–Kier alpha value is -2.89. The smallest absolute Gasteiger partial charge is 0.272 e. The van der Waals surface area contributed by atoms with Crippen LogP contribution < -0.4 is 20.3 Å². The molecule has 1 amide bonds. The number of amides is 1. The molecule has 1 spiro atoms. The zero-order valence-electron chi connectivity index (χ0n) is 18.4. The molecule has 33 heavy (non-hydrogen) atoms. The topological polar surface area (TPSA) is 83.7 Å². The van der Waals surface area contributed by atoms with Crippen molar-refractivity contribution in [2.45, 2.75) is 44.2 Å². The molecule has 1 aromatic carbocycles. The maximum Gasteiger partial charge on any atom is 0.272 e. The van der Waals surface area contributed by atoms with Gasteiger partial charge in [0.05, 0.1) is 17.7 Å². The van der Waals surface area contributed by atoms with Gasteiger partial charge in [-0.15, -0.1) is 10.2 Å². The van der Waals surface area contributed by atoms with Crippen molar-refractivity contribution in [3.63, 3.8) is 0 Å². The highest BCUT2D eigenvalue weighted by molar-refractivity contribution is 6.33. The number of benzene rings is 1. The van der Waals surface area contributed by atoms with Crippen molar-refractivity contribution < 1.29 is 9.53 Å². The molecule has 2 aromatic rings. The maximum absolute atomic E-state index is 12.6. The van der Waals surface area contributed by atoms with E-state index in [1.165, 1.54) is 6.42 Å². The Bertz CT molecular complexity index is 1050. The maximum atomic E-state index is 12.6. The average Bonchev–Trinajstić information content (AvgIpc) is 3.30. The molecule has 3 heterocycles. The molecule has 1 aromatic heterocycles. The largest absolute Gasteiger partial charge is 0.490 e. The molecule has 3 fully saturated rings. The zero-order valence-corrected chi connectivity index (χ0v) is 19.1. The molecule has 2 N–H and O–H groups in total. The van der Waals surface area contributed by atoms with Crippen molar-refractivity contribution >= 4 is 29.0 Å². The van der Waals surface area contributed by atoms with Crippen LogP contribution in [0.4, 0.5) is 11.5 Å². The Balaban J connectivity index is 1.08. The fraction of sp³-hybridized carbons (Fsp3) is 0.500. The zero-order chi connectivity index (χ0) is 22.8. The molecule has 0 radical (unpaired) electrons. The average molecular weight is 467 g/mol. The third-order valence-electron chi connectivity index (χ3n) is 6.94. The van der Waals surface area contributed by atoms with Gasteiger partial charge < -0.3 is 20.3 Å². The van der Waals surface area contributed by atoms with Crippen LogP contribution in [0.5, 0.6) is 5.75 Å². The molecule has 2 aliphatic heterocycles. The van der Waals surface area contributed by atoms with Crippen LogP contribution in [-0.4, -0.2) is 54.4 Å². The second-order valence-electron chi connectivity index (χ2n) is 9.35. The van der Waals surface area contributed by atoms with Gasteiger partial charge in [-0.25, -0.2) is 4.85 Å². The van der Waals surface area contributed by atoms with E-state index in [2.05, 4.69) is 30.6 Å². The van der Waals surface area contributed by atoms with Crippen molar-refractivity contribution in [3.05, 3.63) is 52.5 Å². The number of nitrogens with one attached hydrogen (secondary N) is 2. The molecule has 9 heteroatoms. The molecule has 3 aliphatic rings. The van der Waals surface area contributed by atoms with E-state index in [0.717, 1.165) is 57.7 Å². The van der Waals surface area contributed by atoms with Crippen LogP contribution in [0.2, 0.25) is 5.02 Å². The van der Waals surface area contributed by atoms with Gasteiger partial charge in [0.2, 0.25) is 5.69 Å². The number of nitrogens with zero attached hydrogens (tertiary/aromatic N) is 4. The van der Waals surface area contributed by atoms with Crippen molar-refractivity contribution in [3.8, 4) is 5.75 Å². The van der Waals surface area contributed by atoms with E-state index in [9.17, 15) is 4.79 Å². The number of hydrogen-bond acceptors (Lipinski definition) is 6. The number of hydrogen-bond donors (Lipinski definition) is 2. The van der Waals surface area contributed by atoms with Crippen LogP contribution in [0.15, 0.2) is 30.3 Å². The summed E-state index contributed by atoms with van der Waals surface area (Å²) in [6.45, 7) is 11.2. The Labute approximate surface area is 198 Å². The van der Waals surface area contributed by atoms with Gasteiger partial charge in [0, 0.05) is 31.1 Å². The summed E-state index contributed by atoms with van der Waals surface area (Å²) in [6.07, 6.45) is 4.63. The SMILES string of the molecule is [C-]#[N+]c1ccc(OC2CCC(NC(=O)c3ccc(N4CC5(CCNC5)C4)nn3)CC2)cc1Cl. The van der Waals surface area contributed by atoms with Gasteiger partial charge in [-0.1, -0.05) is 17.7 Å². The number of anilines is 1. The minimum Gasteiger partial charge on any atom is -0.490 e. The van der Waals surface area contributed by atoms with Crippen molar-refractivity contribution in [1.29, 1.82) is 0 Å². The summed E-state index contributed by atoms with van der Waals surface area (Å²) < 4.78 is 6.03. The fourth-order valence-corrected chi connectivity index (χ4v) is 5.25. The highest BCUT2D eigenvalue weighted by Crippen LogP contribution is 2.38. The van der Waals surface area contributed by atoms with Crippen LogP contribution in [0.25, 0.3) is 4.85 Å². The Kier molecular flexibility index (Phi) is 6.09. The van der Waals surface area contributed by atoms with Gasteiger partial charge in [-0.05, 0) is 62.9 Å². The van der Waals surface area contributed by atoms with Crippen molar-refractivity contribution in [1.82, 2.24) is 20.8 Å². The Morgan fingerprint density at radius 3 is 2.67 bits per heavy atom. The molecular formula is C24H27ClN6O2. The Morgan fingerprint density at radius 2 is 2.03 bits per heavy atom. The first-order valence-electron chi connectivity index (χ1n) is 11.5. The second-order valence-corrected chi connectivity index (χ2v) is 9.76. The highest BCUT2D eigenvalue weighted by atomic mass is 35.5. The number of carbonyl (C=O) groups is 1. The molecule has 172 valence electrons. The van der Waals surface area contributed by atoms with E-state index in [1.54, 1.807) is 24.3 Å². The number of rotatable bonds is 5. The molecule has 5 rings (SSSR count). The molecule has 8 nitrogen and oxygen atoms in total. The van der Waals surface area contributed by atoms with E-state index in [-0.39, 0.29) is 18.1 Å². The molecule has 0 atom stereocenters. The summed E-state index contributed by atoms with van der Waals surface area (Å²) in [5.41, 5.74) is 1.17. The molecular weight excluding hydrogens is 440 g/mol. The lowest BCUT2D eigenvalue weighted by Gasteiger charge is -2.48. The lowest BCUT2D eigenvalue weighted by Crippen LogP contribution is -2.57. The first-order chi connectivity index (χ1) is 16.0. The van der Waals surface area contributed by atoms with Gasteiger partial charge in [0.25, 0.3) is 5.91 Å². The predicted octanol–water partition coefficient (Wildman–Crippen LogP) is 3.60. The van der Waals surface area contributed by atoms with E-state index in [1.807, 2.05) is 6.07 Å². The van der Waals surface area contributed by atoms with Crippen LogP contribution in [0.1, 0.15) is 42.6 Å². The van der Waals surface area contributed by atoms with Crippen LogP contribution in [-0.2, 0) is 0 Å². The highest BCUT2D eigenvalue weighted by Gasteiger charge is 2.45. The summed E-state index contributed by atoms with van der Waals surface area (Å²) in [5, 5.41) is 15.4. The van der Waals surface area contributed by atoms with Gasteiger partial charge in [0.15, 0.2) is 11.5 Å². The van der Waals surface area contributed by atoms with E-state index < -0.39 is 0 Å². The number of aromatic nitrogens is 2. The lowest BCUT2D eigenvalue weighted by molar-refractivity contribution is 0.0888. The normalized spacial score (nSPS) is 23.6. The summed E-state index contributed by atoms with van der Waals surface area (Å²) in [4.78, 5) is 18.2. The third kappa shape index (κ3) is 4.75. The van der Waals surface area contributed by atoms with E-state index in [4.69, 9.17) is 22.9 Å². The lowest BCUT2D eigenvalue weighted by atomic mass is 9.79. The first-order valence-corrected chi connectivity index (χ1v) is 11.9. The quantitative estimate of drug-likeness (QED) is 0.655. The summed E-state index contributed by atoms with van der Waals surface area (Å²) in [7, 11) is 0. The number of halogens is 1. The number of carbonyl (C=O) groups excluding carboxylic acids is 1. The van der Waals surface area contributed by atoms with Gasteiger partial charge >= 0.3 is 0 Å². The fourth-order valence-electron chi connectivity index (χ4n) is 5.03. The van der Waals surface area contributed by atoms with Gasteiger partial charge in [-0.2, -0.15) is 0 Å². The molecule has 0 unspecified atom stereocenters. The van der Waals surface area contributed by atoms with E-state index in [0.29, 0.717) is 27.6 Å². The predicted molar refractivity (Wildman–Crippen MR) is 126 cm³/mol. The second kappa shape index (κ2) is 9.16. The van der Waals surface area contributed by atoms with Gasteiger partial charge in [-0.3, -0.25) is 4.79 Å². The first kappa shape index (κ1) is 21.9. The van der Waals surface area contributed by atoms with Crippen molar-refractivity contribution in [2.75, 3.05) is 31.1 Å². The summed E-state index contributed by atoms with van der Waals surface area (Å²) >= 11 is 6.10. The van der Waals surface area contributed by atoms with Crippen LogP contribution in [0, 0.1) is 12.0 Å². The molecule has 2 saturated heterocycles. The summed E-state index contributed by atoms with van der Waals surface area (Å²) in [5.74, 6) is 1.33. The van der Waals surface area contributed by atoms with Crippen LogP contribution in [0.3, 0.4) is 0 Å². The molecule has 1 aliphatic carbocycles. The van der Waals surface area contributed by atoms with Crippen molar-refractivity contribution in [2.24, 2.45) is 5.41 Å². The Morgan fingerprint density at radius 1 is 1.21 bits per heavy atom. The van der Waals surface area contributed by atoms with E-state index >= 15 is 0 Å². The number of ether oxygens (including phenoxy) is 1. The third-order valence-corrected chi connectivity index (χ3v) is 7.25. The van der Waals surface area contributed by atoms with Gasteiger partial charge in [0.1, 0.15) is 5.75 Å². The monoisotopic (exact) mass is 466 g/mol. The molecule has 0 bridgehead atoms. The minimum atomic E-state index is -0.181. The minimum absolute atomic E-state index is 0.0713.